The van der Waals surface area contributed by atoms with Crippen LogP contribution in [0.4, 0.5) is 28.0 Å². The summed E-state index contributed by atoms with van der Waals surface area (Å²) >= 11 is 0. The van der Waals surface area contributed by atoms with E-state index in [1.807, 2.05) is 0 Å². The molecule has 0 atom stereocenters. The van der Waals surface area contributed by atoms with Crippen molar-refractivity contribution in [2.75, 3.05) is 5.32 Å². The van der Waals surface area contributed by atoms with Gasteiger partial charge in [-0.2, -0.15) is 13.2 Å². The van der Waals surface area contributed by atoms with Gasteiger partial charge in [0.25, 0.3) is 0 Å². The first kappa shape index (κ1) is 17.5. The zero-order valence-electron chi connectivity index (χ0n) is 12.3. The highest BCUT2D eigenvalue weighted by atomic mass is 19.4. The lowest BCUT2D eigenvalue weighted by Gasteiger charge is -2.12. The van der Waals surface area contributed by atoms with Gasteiger partial charge in [0.05, 0.1) is 5.69 Å². The first-order valence-electron chi connectivity index (χ1n) is 6.63. The van der Waals surface area contributed by atoms with Gasteiger partial charge < -0.3 is 4.74 Å². The summed E-state index contributed by atoms with van der Waals surface area (Å²) in [7, 11) is 0. The van der Waals surface area contributed by atoms with Crippen molar-refractivity contribution in [3.05, 3.63) is 53.8 Å². The maximum absolute atomic E-state index is 13.0. The minimum atomic E-state index is -5.27. The van der Waals surface area contributed by atoms with Gasteiger partial charge >= 0.3 is 18.2 Å². The van der Waals surface area contributed by atoms with Crippen molar-refractivity contribution in [2.24, 2.45) is 0 Å². The van der Waals surface area contributed by atoms with Gasteiger partial charge in [-0.1, -0.05) is 23.8 Å². The van der Waals surface area contributed by atoms with Crippen LogP contribution in [0.3, 0.4) is 0 Å². The molecule has 2 aromatic rings. The highest BCUT2D eigenvalue weighted by molar-refractivity contribution is 5.97. The van der Waals surface area contributed by atoms with E-state index in [0.717, 1.165) is 5.56 Å². The zero-order chi connectivity index (χ0) is 17.9. The summed E-state index contributed by atoms with van der Waals surface area (Å²) < 4.78 is 53.0. The molecular formula is C16H11F4NO3. The standard InChI is InChI=1S/C16H11F4NO3/c1-9-2-7-13(21-15(23)24-14(22)16(18,19)20)12(8-9)10-3-5-11(17)6-4-10/h2-8H,1H3,(H,21,23). The molecule has 0 aromatic heterocycles. The van der Waals surface area contributed by atoms with Gasteiger partial charge in [0.15, 0.2) is 0 Å². The van der Waals surface area contributed by atoms with Crippen LogP contribution in [-0.4, -0.2) is 18.2 Å². The molecule has 126 valence electrons. The number of nitrogens with one attached hydrogen (secondary N) is 1. The SMILES string of the molecule is Cc1ccc(NC(=O)OC(=O)C(F)(F)F)c(-c2ccc(F)cc2)c1. The lowest BCUT2D eigenvalue weighted by Crippen LogP contribution is -2.30. The normalized spacial score (nSPS) is 11.0. The van der Waals surface area contributed by atoms with Crippen molar-refractivity contribution in [2.45, 2.75) is 13.1 Å². The fraction of sp³-hybridized carbons (Fsp3) is 0.125. The van der Waals surface area contributed by atoms with Gasteiger partial charge in [-0.3, -0.25) is 5.32 Å². The topological polar surface area (TPSA) is 55.4 Å². The monoisotopic (exact) mass is 341 g/mol. The highest BCUT2D eigenvalue weighted by Gasteiger charge is 2.42. The van der Waals surface area contributed by atoms with E-state index >= 15 is 0 Å². The Morgan fingerprint density at radius 2 is 1.67 bits per heavy atom. The Morgan fingerprint density at radius 1 is 1.04 bits per heavy atom. The molecule has 0 radical (unpaired) electrons. The van der Waals surface area contributed by atoms with E-state index in [1.54, 1.807) is 19.1 Å². The molecule has 0 unspecified atom stereocenters. The zero-order valence-corrected chi connectivity index (χ0v) is 12.3. The highest BCUT2D eigenvalue weighted by Crippen LogP contribution is 2.29. The number of halogens is 4. The van der Waals surface area contributed by atoms with Crippen molar-refractivity contribution in [3.8, 4) is 11.1 Å². The van der Waals surface area contributed by atoms with Crippen LogP contribution in [0.15, 0.2) is 42.5 Å². The fourth-order valence-corrected chi connectivity index (χ4v) is 1.91. The summed E-state index contributed by atoms with van der Waals surface area (Å²) in [4.78, 5) is 22.1. The molecule has 0 fully saturated rings. The van der Waals surface area contributed by atoms with Crippen LogP contribution in [-0.2, 0) is 9.53 Å². The maximum atomic E-state index is 13.0. The molecule has 8 heteroatoms. The first-order chi connectivity index (χ1) is 11.2. The summed E-state index contributed by atoms with van der Waals surface area (Å²) in [5, 5.41) is 2.08. The number of carbonyl (C=O) groups excluding carboxylic acids is 2. The Balaban J connectivity index is 2.26. The Labute approximate surface area is 134 Å². The summed E-state index contributed by atoms with van der Waals surface area (Å²) in [5.74, 6) is -3.08. The maximum Gasteiger partial charge on any atom is 0.491 e. The lowest BCUT2D eigenvalue weighted by atomic mass is 10.0. The van der Waals surface area contributed by atoms with E-state index in [4.69, 9.17) is 0 Å². The lowest BCUT2D eigenvalue weighted by molar-refractivity contribution is -0.192. The van der Waals surface area contributed by atoms with Gasteiger partial charge in [0.2, 0.25) is 0 Å². The minimum absolute atomic E-state index is 0.118. The summed E-state index contributed by atoms with van der Waals surface area (Å²) in [6.45, 7) is 1.77. The van der Waals surface area contributed by atoms with Crippen LogP contribution >= 0.6 is 0 Å². The Kier molecular flexibility index (Phi) is 4.87. The van der Waals surface area contributed by atoms with E-state index in [9.17, 15) is 27.2 Å². The van der Waals surface area contributed by atoms with Crippen molar-refractivity contribution in [1.29, 1.82) is 0 Å². The van der Waals surface area contributed by atoms with E-state index in [-0.39, 0.29) is 5.69 Å². The van der Waals surface area contributed by atoms with Crippen molar-refractivity contribution in [1.82, 2.24) is 0 Å². The number of hydrogen-bond acceptors (Lipinski definition) is 3. The first-order valence-corrected chi connectivity index (χ1v) is 6.63. The molecule has 0 bridgehead atoms. The molecule has 24 heavy (non-hydrogen) atoms. The van der Waals surface area contributed by atoms with E-state index in [2.05, 4.69) is 10.1 Å². The number of hydrogen-bond donors (Lipinski definition) is 1. The predicted molar refractivity (Wildman–Crippen MR) is 77.7 cm³/mol. The number of rotatable bonds is 2. The number of anilines is 1. The van der Waals surface area contributed by atoms with Gasteiger partial charge in [0, 0.05) is 5.56 Å². The molecule has 2 aromatic carbocycles. The molecule has 0 aliphatic heterocycles. The molecule has 0 aliphatic rings. The van der Waals surface area contributed by atoms with Gasteiger partial charge in [-0.25, -0.2) is 14.0 Å². The molecule has 2 rings (SSSR count). The molecule has 1 N–H and O–H groups in total. The molecular weight excluding hydrogens is 330 g/mol. The number of esters is 1. The Hall–Kier alpha value is -2.90. The number of alkyl halides is 3. The Morgan fingerprint density at radius 3 is 2.25 bits per heavy atom. The van der Waals surface area contributed by atoms with Crippen LogP contribution in [0.2, 0.25) is 0 Å². The smallest absolute Gasteiger partial charge is 0.369 e. The Bertz CT molecular complexity index is 770. The average molecular weight is 341 g/mol. The molecule has 4 nitrogen and oxygen atoms in total. The predicted octanol–water partition coefficient (Wildman–Crippen LogP) is 4.44. The van der Waals surface area contributed by atoms with Crippen molar-refractivity contribution < 1.29 is 31.9 Å². The quantitative estimate of drug-likeness (QED) is 0.499. The second-order valence-electron chi connectivity index (χ2n) is 4.86. The molecule has 0 aliphatic carbocycles. The van der Waals surface area contributed by atoms with Gasteiger partial charge in [-0.05, 0) is 36.8 Å². The summed E-state index contributed by atoms with van der Waals surface area (Å²) in [6, 6.07) is 9.98. The van der Waals surface area contributed by atoms with Crippen LogP contribution < -0.4 is 5.32 Å². The molecule has 1 amide bonds. The minimum Gasteiger partial charge on any atom is -0.369 e. The third-order valence-electron chi connectivity index (χ3n) is 2.98. The fourth-order valence-electron chi connectivity index (χ4n) is 1.91. The van der Waals surface area contributed by atoms with E-state index in [0.29, 0.717) is 11.1 Å². The number of carbonyl (C=O) groups is 2. The van der Waals surface area contributed by atoms with Crippen molar-refractivity contribution >= 4 is 17.7 Å². The number of ether oxygens (including phenoxy) is 1. The van der Waals surface area contributed by atoms with Crippen LogP contribution in [0, 0.1) is 12.7 Å². The second kappa shape index (κ2) is 6.69. The van der Waals surface area contributed by atoms with Crippen LogP contribution in [0.5, 0.6) is 0 Å². The summed E-state index contributed by atoms with van der Waals surface area (Å²) in [5.41, 5.74) is 1.88. The third kappa shape index (κ3) is 4.31. The average Bonchev–Trinajstić information content (AvgIpc) is 2.49. The number of amides is 1. The molecule has 0 heterocycles. The van der Waals surface area contributed by atoms with E-state index < -0.39 is 24.1 Å². The van der Waals surface area contributed by atoms with Gasteiger partial charge in [0.1, 0.15) is 5.82 Å². The van der Waals surface area contributed by atoms with Crippen molar-refractivity contribution in [3.63, 3.8) is 0 Å². The largest absolute Gasteiger partial charge is 0.491 e. The molecule has 0 spiro atoms. The van der Waals surface area contributed by atoms with Crippen LogP contribution in [0.25, 0.3) is 11.1 Å². The summed E-state index contributed by atoms with van der Waals surface area (Å²) in [6.07, 6.45) is -6.84. The second-order valence-corrected chi connectivity index (χ2v) is 4.86. The number of aryl methyl sites for hydroxylation is 1. The number of benzene rings is 2. The van der Waals surface area contributed by atoms with E-state index in [1.165, 1.54) is 30.3 Å². The molecule has 0 saturated heterocycles. The van der Waals surface area contributed by atoms with Gasteiger partial charge in [-0.15, -0.1) is 0 Å². The third-order valence-corrected chi connectivity index (χ3v) is 2.98. The van der Waals surface area contributed by atoms with Crippen LogP contribution in [0.1, 0.15) is 5.56 Å². The molecule has 0 saturated carbocycles.